The van der Waals surface area contributed by atoms with Crippen molar-refractivity contribution in [2.45, 2.75) is 6.04 Å². The molecule has 1 saturated heterocycles. The second kappa shape index (κ2) is 10.6. The van der Waals surface area contributed by atoms with E-state index >= 15 is 0 Å². The average Bonchev–Trinajstić information content (AvgIpc) is 3.20. The summed E-state index contributed by atoms with van der Waals surface area (Å²) in [5.41, 5.74) is 5.03. The maximum absolute atomic E-state index is 12.4. The van der Waals surface area contributed by atoms with Gasteiger partial charge in [0.25, 0.3) is 5.91 Å². The number of nitrogens with one attached hydrogen (secondary N) is 1. The van der Waals surface area contributed by atoms with Crippen molar-refractivity contribution >= 4 is 41.2 Å². The highest BCUT2D eigenvalue weighted by Crippen LogP contribution is 2.34. The van der Waals surface area contributed by atoms with E-state index in [9.17, 15) is 9.59 Å². The average molecular weight is 472 g/mol. The van der Waals surface area contributed by atoms with Gasteiger partial charge in [-0.15, -0.1) is 0 Å². The minimum absolute atomic E-state index is 0.343. The Hall–Kier alpha value is -4.90. The second-order valence-electron chi connectivity index (χ2n) is 8.33. The van der Waals surface area contributed by atoms with Gasteiger partial charge in [0.15, 0.2) is 0 Å². The summed E-state index contributed by atoms with van der Waals surface area (Å²) in [5.74, 6) is -0.343. The van der Waals surface area contributed by atoms with Crippen LogP contribution in [0.4, 0.5) is 21.9 Å². The van der Waals surface area contributed by atoms with Gasteiger partial charge in [-0.05, 0) is 53.6 Å². The first-order valence-corrected chi connectivity index (χ1v) is 11.7. The van der Waals surface area contributed by atoms with Crippen molar-refractivity contribution in [3.63, 3.8) is 0 Å². The molecule has 0 spiro atoms. The highest BCUT2D eigenvalue weighted by Gasteiger charge is 2.35. The molecular weight excluding hydrogens is 446 g/mol. The molecule has 0 saturated carbocycles. The number of para-hydroxylation sites is 2. The molecule has 1 unspecified atom stereocenters. The molecule has 5 heteroatoms. The summed E-state index contributed by atoms with van der Waals surface area (Å²) in [6.45, 7) is 0. The van der Waals surface area contributed by atoms with Crippen LogP contribution in [0, 0.1) is 0 Å². The van der Waals surface area contributed by atoms with Gasteiger partial charge in [-0.3, -0.25) is 15.0 Å². The molecule has 36 heavy (non-hydrogen) atoms. The molecule has 5 rings (SSSR count). The van der Waals surface area contributed by atoms with E-state index < -0.39 is 12.1 Å². The number of carbonyl (C=O) groups is 2. The minimum atomic E-state index is -0.706. The molecule has 5 nitrogen and oxygen atoms in total. The van der Waals surface area contributed by atoms with Crippen LogP contribution in [0.15, 0.2) is 128 Å². The van der Waals surface area contributed by atoms with Gasteiger partial charge in [-0.2, -0.15) is 0 Å². The Kier molecular flexibility index (Phi) is 6.72. The fourth-order valence-corrected chi connectivity index (χ4v) is 4.11. The molecule has 0 radical (unpaired) electrons. The van der Waals surface area contributed by atoms with E-state index in [0.717, 1.165) is 28.2 Å². The molecule has 0 bridgehead atoms. The Bertz CT molecular complexity index is 1340. The molecule has 0 aliphatic carbocycles. The van der Waals surface area contributed by atoms with E-state index in [1.807, 2.05) is 103 Å². The van der Waals surface area contributed by atoms with Gasteiger partial charge in [0.1, 0.15) is 6.04 Å². The van der Waals surface area contributed by atoms with E-state index in [4.69, 9.17) is 0 Å². The molecule has 1 N–H and O–H groups in total. The predicted octanol–water partition coefficient (Wildman–Crippen LogP) is 6.76. The molecule has 176 valence electrons. The summed E-state index contributed by atoms with van der Waals surface area (Å²) in [7, 11) is 0. The van der Waals surface area contributed by atoms with Crippen LogP contribution in [0.5, 0.6) is 0 Å². The fraction of sp³-hybridized carbons (Fsp3) is 0.0323. The van der Waals surface area contributed by atoms with Crippen molar-refractivity contribution in [3.05, 3.63) is 139 Å². The number of carbonyl (C=O) groups excluding carboxylic acids is 2. The lowest BCUT2D eigenvalue weighted by Gasteiger charge is -2.25. The largest absolute Gasteiger partial charge is 0.329 e. The Labute approximate surface area is 210 Å². The van der Waals surface area contributed by atoms with Crippen molar-refractivity contribution < 1.29 is 9.59 Å². The van der Waals surface area contributed by atoms with Gasteiger partial charge in [0, 0.05) is 23.3 Å². The van der Waals surface area contributed by atoms with Gasteiger partial charge in [-0.1, -0.05) is 91.0 Å². The maximum Gasteiger partial charge on any atom is 0.329 e. The van der Waals surface area contributed by atoms with Crippen molar-refractivity contribution in [1.82, 2.24) is 10.2 Å². The Morgan fingerprint density at radius 1 is 0.611 bits per heavy atom. The first kappa shape index (κ1) is 22.9. The fourth-order valence-electron chi connectivity index (χ4n) is 4.11. The molecular formula is C31H25N3O2. The third kappa shape index (κ3) is 5.10. The Morgan fingerprint density at radius 2 is 1.11 bits per heavy atom. The lowest BCUT2D eigenvalue weighted by molar-refractivity contribution is -0.119. The number of urea groups is 1. The van der Waals surface area contributed by atoms with E-state index in [2.05, 4.69) is 34.5 Å². The summed E-state index contributed by atoms with van der Waals surface area (Å²) >= 11 is 0. The number of rotatable bonds is 7. The van der Waals surface area contributed by atoms with Crippen molar-refractivity contribution in [2.75, 3.05) is 4.90 Å². The van der Waals surface area contributed by atoms with Crippen LogP contribution in [0.1, 0.15) is 11.1 Å². The van der Waals surface area contributed by atoms with Crippen LogP contribution in [0.25, 0.3) is 12.2 Å². The maximum atomic E-state index is 12.4. The summed E-state index contributed by atoms with van der Waals surface area (Å²) in [4.78, 5) is 28.3. The lowest BCUT2D eigenvalue weighted by Crippen LogP contribution is -2.28. The number of amides is 3. The number of hydrogen-bond donors (Lipinski definition) is 1. The molecule has 0 aromatic heterocycles. The molecule has 1 aliphatic heterocycles. The van der Waals surface area contributed by atoms with Crippen LogP contribution >= 0.6 is 0 Å². The standard InChI is InChI=1S/C31H25N3O2/c35-30-29(33(31(36)32-30)23-22-24-10-4-1-5-11-24)21-18-25-16-19-28(20-17-25)34(26-12-6-2-7-13-26)27-14-8-3-9-15-27/h1-23,29H,(H,32,35,36). The zero-order chi connectivity index (χ0) is 24.7. The normalized spacial score (nSPS) is 15.6. The monoisotopic (exact) mass is 471 g/mol. The molecule has 4 aromatic carbocycles. The van der Waals surface area contributed by atoms with Gasteiger partial charge in [0.2, 0.25) is 0 Å². The van der Waals surface area contributed by atoms with Gasteiger partial charge < -0.3 is 4.90 Å². The molecule has 4 aromatic rings. The van der Waals surface area contributed by atoms with E-state index in [-0.39, 0.29) is 5.91 Å². The predicted molar refractivity (Wildman–Crippen MR) is 145 cm³/mol. The van der Waals surface area contributed by atoms with Crippen LogP contribution in [-0.4, -0.2) is 22.9 Å². The van der Waals surface area contributed by atoms with E-state index in [1.165, 1.54) is 4.90 Å². The van der Waals surface area contributed by atoms with Gasteiger partial charge in [0.05, 0.1) is 0 Å². The van der Waals surface area contributed by atoms with E-state index in [1.54, 1.807) is 12.3 Å². The first-order valence-electron chi connectivity index (χ1n) is 11.7. The Morgan fingerprint density at radius 3 is 1.69 bits per heavy atom. The van der Waals surface area contributed by atoms with Crippen LogP contribution < -0.4 is 10.2 Å². The molecule has 1 fully saturated rings. The number of hydrogen-bond acceptors (Lipinski definition) is 3. The Balaban J connectivity index is 1.37. The summed E-state index contributed by atoms with van der Waals surface area (Å²) < 4.78 is 0. The third-order valence-corrected chi connectivity index (χ3v) is 5.91. The zero-order valence-corrected chi connectivity index (χ0v) is 19.6. The smallest absolute Gasteiger partial charge is 0.311 e. The summed E-state index contributed by atoms with van der Waals surface area (Å²) in [6, 6.07) is 37.0. The highest BCUT2D eigenvalue weighted by molar-refractivity contribution is 6.06. The molecule has 1 atom stereocenters. The number of benzene rings is 4. The van der Waals surface area contributed by atoms with Crippen LogP contribution in [0.2, 0.25) is 0 Å². The van der Waals surface area contributed by atoms with Crippen molar-refractivity contribution in [1.29, 1.82) is 0 Å². The highest BCUT2D eigenvalue weighted by atomic mass is 16.2. The zero-order valence-electron chi connectivity index (χ0n) is 19.6. The molecule has 1 aliphatic rings. The van der Waals surface area contributed by atoms with Gasteiger partial charge >= 0.3 is 6.03 Å². The summed E-state index contributed by atoms with van der Waals surface area (Å²) in [5, 5.41) is 2.39. The molecule has 1 heterocycles. The SMILES string of the molecule is O=C1NC(=O)N(C=Cc2ccccc2)C1C=Cc1ccc(N(c2ccccc2)c2ccccc2)cc1. The number of imide groups is 1. The first-order chi connectivity index (χ1) is 17.7. The summed E-state index contributed by atoms with van der Waals surface area (Å²) in [6.07, 6.45) is 7.07. The lowest BCUT2D eigenvalue weighted by atomic mass is 10.1. The second-order valence-corrected chi connectivity index (χ2v) is 8.33. The number of anilines is 3. The topological polar surface area (TPSA) is 52.7 Å². The third-order valence-electron chi connectivity index (χ3n) is 5.91. The number of nitrogens with zero attached hydrogens (tertiary/aromatic N) is 2. The van der Waals surface area contributed by atoms with Crippen LogP contribution in [-0.2, 0) is 4.79 Å². The van der Waals surface area contributed by atoms with Gasteiger partial charge in [-0.25, -0.2) is 4.79 Å². The molecule has 3 amide bonds. The minimum Gasteiger partial charge on any atom is -0.311 e. The van der Waals surface area contributed by atoms with Crippen LogP contribution in [0.3, 0.4) is 0 Å². The quantitative estimate of drug-likeness (QED) is 0.303. The van der Waals surface area contributed by atoms with Crippen molar-refractivity contribution in [3.8, 4) is 0 Å². The van der Waals surface area contributed by atoms with E-state index in [0.29, 0.717) is 0 Å². The van der Waals surface area contributed by atoms with Crippen molar-refractivity contribution in [2.24, 2.45) is 0 Å².